The van der Waals surface area contributed by atoms with Gasteiger partial charge in [-0.3, -0.25) is 0 Å². The van der Waals surface area contributed by atoms with Crippen molar-refractivity contribution >= 4 is 0 Å². The first-order valence-electron chi connectivity index (χ1n) is 6.86. The number of para-hydroxylation sites is 2. The minimum absolute atomic E-state index is 0.125. The standard InChI is InChI=1S/C12H10O.C2H6O2.3C2H4/c1-3-7-11(8-4-1)13-12-9-5-2-6-10-12;3-1-2-4;3*1-2/h1-10H;3-4H,1-2H2;3*1-2H2. The van der Waals surface area contributed by atoms with Crippen molar-refractivity contribution in [3.8, 4) is 11.5 Å². The molecule has 3 nitrogen and oxygen atoms in total. The average molecular weight is 316 g/mol. The molecule has 0 aromatic heterocycles. The molecule has 0 bridgehead atoms. The van der Waals surface area contributed by atoms with Crippen LogP contribution in [0.2, 0.25) is 0 Å². The summed E-state index contributed by atoms with van der Waals surface area (Å²) < 4.78 is 5.58. The molecular weight excluding hydrogens is 288 g/mol. The molecule has 0 aliphatic rings. The van der Waals surface area contributed by atoms with Crippen LogP contribution in [0.5, 0.6) is 11.5 Å². The van der Waals surface area contributed by atoms with Crippen LogP contribution < -0.4 is 4.74 Å². The Labute approximate surface area is 140 Å². The van der Waals surface area contributed by atoms with E-state index in [4.69, 9.17) is 14.9 Å². The van der Waals surface area contributed by atoms with Crippen LogP contribution in [0.3, 0.4) is 0 Å². The van der Waals surface area contributed by atoms with E-state index in [0.717, 1.165) is 11.5 Å². The summed E-state index contributed by atoms with van der Waals surface area (Å²) in [4.78, 5) is 0. The zero-order chi connectivity index (χ0) is 18.3. The minimum Gasteiger partial charge on any atom is -0.457 e. The molecule has 2 aromatic rings. The maximum Gasteiger partial charge on any atom is 0.127 e. The molecule has 0 heterocycles. The van der Waals surface area contributed by atoms with Gasteiger partial charge in [-0.2, -0.15) is 0 Å². The average Bonchev–Trinajstić information content (AvgIpc) is 2.68. The van der Waals surface area contributed by atoms with Gasteiger partial charge in [0.2, 0.25) is 0 Å². The lowest BCUT2D eigenvalue weighted by Crippen LogP contribution is -1.85. The van der Waals surface area contributed by atoms with Gasteiger partial charge in [-0.1, -0.05) is 36.4 Å². The van der Waals surface area contributed by atoms with Crippen LogP contribution in [-0.2, 0) is 0 Å². The maximum absolute atomic E-state index is 7.62. The SMILES string of the molecule is C=C.C=C.C=C.OCCO.c1ccc(Oc2ccccc2)cc1. The van der Waals surface area contributed by atoms with Crippen molar-refractivity contribution in [3.05, 3.63) is 100 Å². The summed E-state index contributed by atoms with van der Waals surface area (Å²) in [6.07, 6.45) is 0. The van der Waals surface area contributed by atoms with Crippen LogP contribution in [0.25, 0.3) is 0 Å². The van der Waals surface area contributed by atoms with Crippen molar-refractivity contribution in [3.63, 3.8) is 0 Å². The second kappa shape index (κ2) is 24.4. The zero-order valence-electron chi connectivity index (χ0n) is 13.7. The Kier molecular flexibility index (Phi) is 26.9. The summed E-state index contributed by atoms with van der Waals surface area (Å²) >= 11 is 0. The quantitative estimate of drug-likeness (QED) is 0.795. The summed E-state index contributed by atoms with van der Waals surface area (Å²) in [5, 5.41) is 15.2. The molecule has 23 heavy (non-hydrogen) atoms. The van der Waals surface area contributed by atoms with Crippen LogP contribution in [-0.4, -0.2) is 23.4 Å². The molecule has 0 aliphatic carbocycles. The van der Waals surface area contributed by atoms with Gasteiger partial charge in [-0.25, -0.2) is 0 Å². The Morgan fingerprint density at radius 1 is 0.565 bits per heavy atom. The smallest absolute Gasteiger partial charge is 0.127 e. The molecule has 0 fully saturated rings. The molecule has 2 rings (SSSR count). The minimum atomic E-state index is -0.125. The lowest BCUT2D eigenvalue weighted by atomic mass is 10.3. The Bertz CT molecular complexity index is 385. The lowest BCUT2D eigenvalue weighted by Gasteiger charge is -2.03. The number of hydrogen-bond donors (Lipinski definition) is 2. The second-order valence-corrected chi connectivity index (χ2v) is 3.18. The number of aliphatic hydroxyl groups excluding tert-OH is 2. The Hall–Kier alpha value is -2.62. The van der Waals surface area contributed by atoms with Crippen molar-refractivity contribution in [1.29, 1.82) is 0 Å². The molecule has 0 unspecified atom stereocenters. The van der Waals surface area contributed by atoms with Gasteiger partial charge in [0.05, 0.1) is 13.2 Å². The summed E-state index contributed by atoms with van der Waals surface area (Å²) in [6.45, 7) is 17.8. The van der Waals surface area contributed by atoms with Crippen LogP contribution in [0, 0.1) is 0 Å². The number of rotatable bonds is 3. The first kappa shape index (κ1) is 25.3. The maximum atomic E-state index is 7.62. The lowest BCUT2D eigenvalue weighted by molar-refractivity contribution is 0.186. The zero-order valence-corrected chi connectivity index (χ0v) is 13.7. The molecule has 0 amide bonds. The fourth-order valence-corrected chi connectivity index (χ4v) is 1.11. The third-order valence-electron chi connectivity index (χ3n) is 1.82. The molecule has 0 atom stereocenters. The van der Waals surface area contributed by atoms with E-state index in [1.807, 2.05) is 60.7 Å². The molecule has 2 N–H and O–H groups in total. The van der Waals surface area contributed by atoms with E-state index in [-0.39, 0.29) is 13.2 Å². The molecule has 2 aromatic carbocycles. The van der Waals surface area contributed by atoms with Crippen molar-refractivity contribution in [2.75, 3.05) is 13.2 Å². The molecule has 0 saturated heterocycles. The molecule has 0 saturated carbocycles. The predicted octanol–water partition coefficient (Wildman–Crippen LogP) is 4.86. The number of ether oxygens (including phenoxy) is 1. The third kappa shape index (κ3) is 17.3. The Balaban J connectivity index is -0.000000340. The molecule has 0 aliphatic heterocycles. The van der Waals surface area contributed by atoms with E-state index in [0.29, 0.717) is 0 Å². The first-order chi connectivity index (χ1) is 11.4. The van der Waals surface area contributed by atoms with Crippen molar-refractivity contribution in [2.24, 2.45) is 0 Å². The van der Waals surface area contributed by atoms with Gasteiger partial charge >= 0.3 is 0 Å². The van der Waals surface area contributed by atoms with Gasteiger partial charge in [-0.15, -0.1) is 39.5 Å². The largest absolute Gasteiger partial charge is 0.457 e. The van der Waals surface area contributed by atoms with Gasteiger partial charge in [0, 0.05) is 0 Å². The van der Waals surface area contributed by atoms with Crippen molar-refractivity contribution < 1.29 is 14.9 Å². The van der Waals surface area contributed by atoms with E-state index >= 15 is 0 Å². The van der Waals surface area contributed by atoms with E-state index < -0.39 is 0 Å². The predicted molar refractivity (Wildman–Crippen MR) is 101 cm³/mol. The highest BCUT2D eigenvalue weighted by atomic mass is 16.5. The van der Waals surface area contributed by atoms with Crippen LogP contribution in [0.15, 0.2) is 100 Å². The normalized spacial score (nSPS) is 7.22. The fraction of sp³-hybridized carbons (Fsp3) is 0.100. The summed E-state index contributed by atoms with van der Waals surface area (Å²) in [7, 11) is 0. The van der Waals surface area contributed by atoms with E-state index in [9.17, 15) is 0 Å². The molecule has 126 valence electrons. The Morgan fingerprint density at radius 2 is 0.826 bits per heavy atom. The van der Waals surface area contributed by atoms with Gasteiger partial charge < -0.3 is 14.9 Å². The Morgan fingerprint density at radius 3 is 1.04 bits per heavy atom. The second-order valence-electron chi connectivity index (χ2n) is 3.18. The van der Waals surface area contributed by atoms with Crippen molar-refractivity contribution in [1.82, 2.24) is 0 Å². The summed E-state index contributed by atoms with van der Waals surface area (Å²) in [5.41, 5.74) is 0. The molecular formula is C20H28O3. The van der Waals surface area contributed by atoms with Gasteiger partial charge in [0.1, 0.15) is 11.5 Å². The topological polar surface area (TPSA) is 49.7 Å². The van der Waals surface area contributed by atoms with Gasteiger partial charge in [0.25, 0.3) is 0 Å². The molecule has 0 spiro atoms. The highest BCUT2D eigenvalue weighted by molar-refractivity contribution is 5.30. The van der Waals surface area contributed by atoms with Crippen LogP contribution in [0.4, 0.5) is 0 Å². The number of hydrogen-bond acceptors (Lipinski definition) is 3. The van der Waals surface area contributed by atoms with E-state index in [1.54, 1.807) is 0 Å². The van der Waals surface area contributed by atoms with E-state index in [1.165, 1.54) is 0 Å². The third-order valence-corrected chi connectivity index (χ3v) is 1.82. The molecule has 3 heteroatoms. The number of benzene rings is 2. The molecule has 0 radical (unpaired) electrons. The monoisotopic (exact) mass is 316 g/mol. The van der Waals surface area contributed by atoms with Gasteiger partial charge in [0.15, 0.2) is 0 Å². The van der Waals surface area contributed by atoms with Crippen LogP contribution in [0.1, 0.15) is 0 Å². The van der Waals surface area contributed by atoms with Crippen LogP contribution >= 0.6 is 0 Å². The first-order valence-corrected chi connectivity index (χ1v) is 6.86. The summed E-state index contributed by atoms with van der Waals surface area (Å²) in [6, 6.07) is 19.5. The van der Waals surface area contributed by atoms with Crippen molar-refractivity contribution in [2.45, 2.75) is 0 Å². The van der Waals surface area contributed by atoms with E-state index in [2.05, 4.69) is 39.5 Å². The number of aliphatic hydroxyl groups is 2. The van der Waals surface area contributed by atoms with Gasteiger partial charge in [-0.05, 0) is 24.3 Å². The highest BCUT2D eigenvalue weighted by Gasteiger charge is 1.92. The highest BCUT2D eigenvalue weighted by Crippen LogP contribution is 2.19. The fourth-order valence-electron chi connectivity index (χ4n) is 1.11. The summed E-state index contributed by atoms with van der Waals surface area (Å²) in [5.74, 6) is 1.74.